The van der Waals surface area contributed by atoms with Crippen LogP contribution in [0.2, 0.25) is 0 Å². The predicted molar refractivity (Wildman–Crippen MR) is 89.1 cm³/mol. The van der Waals surface area contributed by atoms with Crippen LogP contribution >= 0.6 is 12.2 Å². The van der Waals surface area contributed by atoms with E-state index in [2.05, 4.69) is 10.3 Å². The number of fused-ring (bicyclic) bond motifs is 1. The first-order valence-corrected chi connectivity index (χ1v) is 7.55. The van der Waals surface area contributed by atoms with Crippen LogP contribution in [0.4, 0.5) is 0 Å². The van der Waals surface area contributed by atoms with Gasteiger partial charge in [0, 0.05) is 16.6 Å². The molecular weight excluding hydrogens is 298 g/mol. The Morgan fingerprint density at radius 1 is 1.18 bits per heavy atom. The molecule has 0 spiro atoms. The van der Waals surface area contributed by atoms with Crippen molar-refractivity contribution in [3.05, 3.63) is 29.1 Å². The number of thiocarbonyl (C=S) groups is 1. The summed E-state index contributed by atoms with van der Waals surface area (Å²) in [7, 11) is 0. The van der Waals surface area contributed by atoms with Gasteiger partial charge in [-0.3, -0.25) is 14.5 Å². The maximum Gasteiger partial charge on any atom is 0.278 e. The Kier molecular flexibility index (Phi) is 3.85. The molecule has 0 aromatic carbocycles. The van der Waals surface area contributed by atoms with Crippen molar-refractivity contribution in [3.8, 4) is 0 Å². The van der Waals surface area contributed by atoms with Crippen LogP contribution in [0.25, 0.3) is 0 Å². The monoisotopic (exact) mass is 319 g/mol. The highest BCUT2D eigenvalue weighted by Crippen LogP contribution is 2.29. The molecule has 0 fully saturated rings. The highest BCUT2D eigenvalue weighted by molar-refractivity contribution is 7.80. The van der Waals surface area contributed by atoms with Gasteiger partial charge in [-0.05, 0) is 53.7 Å². The van der Waals surface area contributed by atoms with E-state index in [9.17, 15) is 9.59 Å². The number of nitrogens with zero attached hydrogens (tertiary/aromatic N) is 2. The first-order valence-electron chi connectivity index (χ1n) is 7.14. The van der Waals surface area contributed by atoms with Crippen molar-refractivity contribution in [1.82, 2.24) is 15.2 Å². The Balaban J connectivity index is 2.40. The normalized spacial score (nSPS) is 15.1. The van der Waals surface area contributed by atoms with E-state index in [0.717, 1.165) is 0 Å². The van der Waals surface area contributed by atoms with Crippen molar-refractivity contribution >= 4 is 29.0 Å². The van der Waals surface area contributed by atoms with Gasteiger partial charge in [0.05, 0.1) is 0 Å². The minimum atomic E-state index is -0.428. The molecule has 2 rings (SSSR count). The van der Waals surface area contributed by atoms with Crippen molar-refractivity contribution < 1.29 is 9.59 Å². The number of pyridine rings is 1. The van der Waals surface area contributed by atoms with Crippen LogP contribution in [0.15, 0.2) is 12.1 Å². The number of hydrogen-bond acceptors (Lipinski definition) is 4. The number of rotatable bonds is 1. The molecule has 2 amide bonds. The molecule has 22 heavy (non-hydrogen) atoms. The van der Waals surface area contributed by atoms with Crippen molar-refractivity contribution in [2.75, 3.05) is 0 Å². The number of nitrogens with one attached hydrogen (secondary N) is 1. The van der Waals surface area contributed by atoms with Gasteiger partial charge in [0.2, 0.25) is 0 Å². The Bertz CT molecular complexity index is 669. The van der Waals surface area contributed by atoms with Crippen LogP contribution in [0.1, 0.15) is 68.1 Å². The molecule has 0 radical (unpaired) electrons. The zero-order chi connectivity index (χ0) is 16.9. The lowest BCUT2D eigenvalue weighted by Crippen LogP contribution is -2.44. The van der Waals surface area contributed by atoms with E-state index < -0.39 is 5.54 Å². The molecule has 0 unspecified atom stereocenters. The lowest BCUT2D eigenvalue weighted by atomic mass is 10.1. The van der Waals surface area contributed by atoms with E-state index in [0.29, 0.717) is 10.6 Å². The van der Waals surface area contributed by atoms with Gasteiger partial charge in [0.15, 0.2) is 0 Å². The van der Waals surface area contributed by atoms with Crippen LogP contribution < -0.4 is 5.32 Å². The molecule has 6 heteroatoms. The SMILES string of the molecule is CC(C)(C)NC(=O)c1ccc2c(n1)C(=O)N(C(C)(C)C)C2=S. The van der Waals surface area contributed by atoms with Crippen LogP contribution in [0, 0.1) is 0 Å². The van der Waals surface area contributed by atoms with E-state index in [4.69, 9.17) is 12.2 Å². The van der Waals surface area contributed by atoms with Crippen LogP contribution in [0.3, 0.4) is 0 Å². The van der Waals surface area contributed by atoms with Crippen molar-refractivity contribution in [1.29, 1.82) is 0 Å². The molecule has 1 N–H and O–H groups in total. The first-order chi connectivity index (χ1) is 9.92. The molecule has 0 aliphatic carbocycles. The molecule has 0 atom stereocenters. The van der Waals surface area contributed by atoms with Gasteiger partial charge in [0.25, 0.3) is 11.8 Å². The molecule has 1 aromatic rings. The van der Waals surface area contributed by atoms with Gasteiger partial charge in [-0.25, -0.2) is 4.98 Å². The summed E-state index contributed by atoms with van der Waals surface area (Å²) < 4.78 is 0. The molecule has 118 valence electrons. The number of hydrogen-bond donors (Lipinski definition) is 1. The maximum absolute atomic E-state index is 12.6. The molecule has 1 aliphatic rings. The predicted octanol–water partition coefficient (Wildman–Crippen LogP) is 2.54. The average Bonchev–Trinajstić information content (AvgIpc) is 2.58. The second-order valence-electron chi connectivity index (χ2n) is 7.41. The van der Waals surface area contributed by atoms with Gasteiger partial charge >= 0.3 is 0 Å². The molecule has 1 aliphatic heterocycles. The van der Waals surface area contributed by atoms with Gasteiger partial charge in [0.1, 0.15) is 16.4 Å². The fraction of sp³-hybridized carbons (Fsp3) is 0.500. The Morgan fingerprint density at radius 2 is 1.77 bits per heavy atom. The summed E-state index contributed by atoms with van der Waals surface area (Å²) in [5.74, 6) is -0.555. The summed E-state index contributed by atoms with van der Waals surface area (Å²) in [5, 5.41) is 2.83. The highest BCUT2D eigenvalue weighted by atomic mass is 32.1. The topological polar surface area (TPSA) is 62.3 Å². The second-order valence-corrected chi connectivity index (χ2v) is 7.80. The minimum Gasteiger partial charge on any atom is -0.346 e. The quantitative estimate of drug-likeness (QED) is 0.808. The number of amides is 2. The Hall–Kier alpha value is -1.82. The molecule has 0 bridgehead atoms. The fourth-order valence-electron chi connectivity index (χ4n) is 2.25. The highest BCUT2D eigenvalue weighted by Gasteiger charge is 2.40. The third-order valence-corrected chi connectivity index (χ3v) is 3.53. The second kappa shape index (κ2) is 5.12. The third-order valence-electron chi connectivity index (χ3n) is 3.13. The molecule has 0 saturated carbocycles. The van der Waals surface area contributed by atoms with E-state index in [1.54, 1.807) is 17.0 Å². The molecule has 2 heterocycles. The van der Waals surface area contributed by atoms with Crippen molar-refractivity contribution in [2.45, 2.75) is 52.6 Å². The van der Waals surface area contributed by atoms with Crippen LogP contribution in [0.5, 0.6) is 0 Å². The van der Waals surface area contributed by atoms with Gasteiger partial charge in [-0.15, -0.1) is 0 Å². The maximum atomic E-state index is 12.6. The fourth-order valence-corrected chi connectivity index (χ4v) is 2.78. The van der Waals surface area contributed by atoms with E-state index in [-0.39, 0.29) is 28.7 Å². The van der Waals surface area contributed by atoms with Crippen molar-refractivity contribution in [3.63, 3.8) is 0 Å². The lowest BCUT2D eigenvalue weighted by Gasteiger charge is -2.31. The zero-order valence-electron chi connectivity index (χ0n) is 13.8. The summed E-state index contributed by atoms with van der Waals surface area (Å²) in [4.78, 5) is 31.0. The van der Waals surface area contributed by atoms with E-state index >= 15 is 0 Å². The smallest absolute Gasteiger partial charge is 0.278 e. The standard InChI is InChI=1S/C16H21N3O2S/c1-15(2,3)18-12(20)10-8-7-9-11(17-10)13(21)19(14(9)22)16(4,5)6/h7-8H,1-6H3,(H,18,20). The van der Waals surface area contributed by atoms with E-state index in [1.807, 2.05) is 41.5 Å². The zero-order valence-corrected chi connectivity index (χ0v) is 14.6. The van der Waals surface area contributed by atoms with E-state index in [1.165, 1.54) is 0 Å². The minimum absolute atomic E-state index is 0.223. The van der Waals surface area contributed by atoms with Crippen LogP contribution in [-0.2, 0) is 0 Å². The first kappa shape index (κ1) is 16.5. The molecule has 5 nitrogen and oxygen atoms in total. The number of carbonyl (C=O) groups is 2. The average molecular weight is 319 g/mol. The third kappa shape index (κ3) is 3.02. The molecular formula is C16H21N3O2S. The number of carbonyl (C=O) groups excluding carboxylic acids is 2. The van der Waals surface area contributed by atoms with Crippen molar-refractivity contribution in [2.24, 2.45) is 0 Å². The van der Waals surface area contributed by atoms with Gasteiger partial charge in [-0.2, -0.15) is 0 Å². The summed E-state index contributed by atoms with van der Waals surface area (Å²) in [6.07, 6.45) is 0. The lowest BCUT2D eigenvalue weighted by molar-refractivity contribution is 0.0765. The van der Waals surface area contributed by atoms with Crippen LogP contribution in [-0.4, -0.2) is 37.8 Å². The summed E-state index contributed by atoms with van der Waals surface area (Å²) in [6, 6.07) is 3.30. The Morgan fingerprint density at radius 3 is 2.27 bits per heavy atom. The largest absolute Gasteiger partial charge is 0.346 e. The summed E-state index contributed by atoms with van der Waals surface area (Å²) >= 11 is 5.38. The summed E-state index contributed by atoms with van der Waals surface area (Å²) in [5.41, 5.74) is 0.293. The van der Waals surface area contributed by atoms with Gasteiger partial charge in [-0.1, -0.05) is 12.2 Å². The number of aromatic nitrogens is 1. The Labute approximate surface area is 136 Å². The van der Waals surface area contributed by atoms with Gasteiger partial charge < -0.3 is 5.32 Å². The molecule has 0 saturated heterocycles. The summed E-state index contributed by atoms with van der Waals surface area (Å²) in [6.45, 7) is 11.4. The molecule has 1 aromatic heterocycles.